The van der Waals surface area contributed by atoms with Gasteiger partial charge in [0, 0.05) is 18.2 Å². The molecule has 1 aromatic carbocycles. The highest BCUT2D eigenvalue weighted by Gasteiger charge is 2.17. The van der Waals surface area contributed by atoms with Crippen LogP contribution in [0.5, 0.6) is 5.75 Å². The second-order valence-electron chi connectivity index (χ2n) is 6.19. The fourth-order valence-corrected chi connectivity index (χ4v) is 3.58. The maximum absolute atomic E-state index is 12.1. The smallest absolute Gasteiger partial charge is 0.251 e. The van der Waals surface area contributed by atoms with E-state index in [2.05, 4.69) is 33.1 Å². The molecule has 0 aromatic heterocycles. The highest BCUT2D eigenvalue weighted by molar-refractivity contribution is 9.10. The number of rotatable bonds is 7. The Morgan fingerprint density at radius 3 is 2.91 bits per heavy atom. The number of nitrogens with zero attached hydrogens (tertiary/aromatic N) is 1. The third-order valence-corrected chi connectivity index (χ3v) is 5.13. The van der Waals surface area contributed by atoms with E-state index in [0.717, 1.165) is 42.2 Å². The summed E-state index contributed by atoms with van der Waals surface area (Å²) in [5.41, 5.74) is 0.655. The Balaban J connectivity index is 1.67. The Morgan fingerprint density at radius 2 is 2.22 bits per heavy atom. The number of piperidine rings is 1. The summed E-state index contributed by atoms with van der Waals surface area (Å²) in [5, 5.41) is 2.99. The maximum atomic E-state index is 12.1. The summed E-state index contributed by atoms with van der Waals surface area (Å²) in [7, 11) is 1.61. The second-order valence-corrected chi connectivity index (χ2v) is 7.05. The SMILES string of the molecule is COc1ccc(C(=O)NCCCCN2CCCC[C@H]2C)cc1Br. The molecule has 4 nitrogen and oxygen atoms in total. The molecule has 5 heteroatoms. The Hall–Kier alpha value is -1.07. The van der Waals surface area contributed by atoms with Crippen LogP contribution in [0.2, 0.25) is 0 Å². The van der Waals surface area contributed by atoms with Gasteiger partial charge in [-0.1, -0.05) is 6.42 Å². The van der Waals surface area contributed by atoms with Crippen molar-refractivity contribution in [2.75, 3.05) is 26.7 Å². The lowest BCUT2D eigenvalue weighted by Crippen LogP contribution is -2.38. The monoisotopic (exact) mass is 382 g/mol. The zero-order chi connectivity index (χ0) is 16.7. The summed E-state index contributed by atoms with van der Waals surface area (Å²) in [5.74, 6) is 0.705. The van der Waals surface area contributed by atoms with Gasteiger partial charge in [0.1, 0.15) is 5.75 Å². The third-order valence-electron chi connectivity index (χ3n) is 4.51. The first-order valence-corrected chi connectivity index (χ1v) is 9.27. The Bertz CT molecular complexity index is 522. The van der Waals surface area contributed by atoms with Crippen LogP contribution in [0.4, 0.5) is 0 Å². The molecule has 1 aromatic rings. The second kappa shape index (κ2) is 9.28. The van der Waals surface area contributed by atoms with Crippen LogP contribution >= 0.6 is 15.9 Å². The van der Waals surface area contributed by atoms with Gasteiger partial charge in [0.15, 0.2) is 0 Å². The third kappa shape index (κ3) is 5.50. The standard InChI is InChI=1S/C18H27BrN2O2/c1-14-7-3-5-11-21(14)12-6-4-10-20-18(22)15-8-9-17(23-2)16(19)13-15/h8-9,13-14H,3-7,10-12H2,1-2H3,(H,20,22)/t14-/m1/s1. The molecule has 1 N–H and O–H groups in total. The van der Waals surface area contributed by atoms with Gasteiger partial charge in [0.2, 0.25) is 0 Å². The van der Waals surface area contributed by atoms with E-state index in [-0.39, 0.29) is 5.91 Å². The van der Waals surface area contributed by atoms with Gasteiger partial charge in [-0.15, -0.1) is 0 Å². The van der Waals surface area contributed by atoms with Crippen LogP contribution in [0.25, 0.3) is 0 Å². The average Bonchev–Trinajstić information content (AvgIpc) is 2.56. The van der Waals surface area contributed by atoms with Gasteiger partial charge in [0.05, 0.1) is 11.6 Å². The van der Waals surface area contributed by atoms with Crippen LogP contribution in [0.3, 0.4) is 0 Å². The molecule has 1 aliphatic rings. The zero-order valence-electron chi connectivity index (χ0n) is 14.1. The number of carbonyl (C=O) groups is 1. The van der Waals surface area contributed by atoms with Crippen molar-refractivity contribution in [3.63, 3.8) is 0 Å². The van der Waals surface area contributed by atoms with Gasteiger partial charge in [-0.25, -0.2) is 0 Å². The molecule has 23 heavy (non-hydrogen) atoms. The first-order valence-electron chi connectivity index (χ1n) is 8.47. The predicted octanol–water partition coefficient (Wildman–Crippen LogP) is 3.84. The molecule has 0 spiro atoms. The minimum Gasteiger partial charge on any atom is -0.496 e. The number of carbonyl (C=O) groups excluding carboxylic acids is 1. The first-order chi connectivity index (χ1) is 11.1. The van der Waals surface area contributed by atoms with Crippen LogP contribution in [-0.2, 0) is 0 Å². The highest BCUT2D eigenvalue weighted by atomic mass is 79.9. The van der Waals surface area contributed by atoms with Crippen LogP contribution in [-0.4, -0.2) is 43.6 Å². The Morgan fingerprint density at radius 1 is 1.39 bits per heavy atom. The summed E-state index contributed by atoms with van der Waals surface area (Å²) in [6, 6.07) is 6.10. The molecule has 1 aliphatic heterocycles. The molecule has 2 rings (SSSR count). The number of methoxy groups -OCH3 is 1. The lowest BCUT2D eigenvalue weighted by Gasteiger charge is -2.33. The molecule has 0 bridgehead atoms. The lowest BCUT2D eigenvalue weighted by atomic mass is 10.0. The van der Waals surface area contributed by atoms with E-state index >= 15 is 0 Å². The van der Waals surface area contributed by atoms with Crippen molar-refractivity contribution < 1.29 is 9.53 Å². The van der Waals surface area contributed by atoms with Gasteiger partial charge in [0.25, 0.3) is 5.91 Å². The maximum Gasteiger partial charge on any atom is 0.251 e. The van der Waals surface area contributed by atoms with Crippen molar-refractivity contribution in [2.24, 2.45) is 0 Å². The number of hydrogen-bond acceptors (Lipinski definition) is 3. The number of nitrogens with one attached hydrogen (secondary N) is 1. The number of amides is 1. The minimum absolute atomic E-state index is 0.0281. The number of halogens is 1. The fraction of sp³-hybridized carbons (Fsp3) is 0.611. The Labute approximate surface area is 147 Å². The van der Waals surface area contributed by atoms with E-state index in [0.29, 0.717) is 5.56 Å². The van der Waals surface area contributed by atoms with Crippen molar-refractivity contribution in [1.82, 2.24) is 10.2 Å². The number of unbranched alkanes of at least 4 members (excludes halogenated alkanes) is 1. The van der Waals surface area contributed by atoms with Crippen molar-refractivity contribution >= 4 is 21.8 Å². The summed E-state index contributed by atoms with van der Waals surface area (Å²) in [4.78, 5) is 14.7. The van der Waals surface area contributed by atoms with Gasteiger partial charge in [-0.05, 0) is 79.8 Å². The molecule has 1 saturated heterocycles. The molecule has 0 unspecified atom stereocenters. The van der Waals surface area contributed by atoms with Crippen LogP contribution < -0.4 is 10.1 Å². The highest BCUT2D eigenvalue weighted by Crippen LogP contribution is 2.25. The van der Waals surface area contributed by atoms with Crippen LogP contribution in [0, 0.1) is 0 Å². The average molecular weight is 383 g/mol. The zero-order valence-corrected chi connectivity index (χ0v) is 15.7. The Kier molecular flexibility index (Phi) is 7.37. The van der Waals surface area contributed by atoms with Crippen molar-refractivity contribution in [3.8, 4) is 5.75 Å². The van der Waals surface area contributed by atoms with E-state index in [1.165, 1.54) is 25.8 Å². The molecular formula is C18H27BrN2O2. The van der Waals surface area contributed by atoms with Gasteiger partial charge >= 0.3 is 0 Å². The molecule has 1 atom stereocenters. The summed E-state index contributed by atoms with van der Waals surface area (Å²) < 4.78 is 5.97. The number of benzene rings is 1. The van der Waals surface area contributed by atoms with E-state index in [9.17, 15) is 4.79 Å². The van der Waals surface area contributed by atoms with Crippen LogP contribution in [0.15, 0.2) is 22.7 Å². The van der Waals surface area contributed by atoms with Crippen molar-refractivity contribution in [3.05, 3.63) is 28.2 Å². The normalized spacial score (nSPS) is 18.7. The molecule has 128 valence electrons. The van der Waals surface area contributed by atoms with Crippen LogP contribution in [0.1, 0.15) is 49.4 Å². The summed E-state index contributed by atoms with van der Waals surface area (Å²) in [6.45, 7) is 5.42. The van der Waals surface area contributed by atoms with Crippen molar-refractivity contribution in [2.45, 2.75) is 45.1 Å². The first kappa shape index (κ1) is 18.3. The topological polar surface area (TPSA) is 41.6 Å². The molecule has 1 amide bonds. The molecular weight excluding hydrogens is 356 g/mol. The van der Waals surface area contributed by atoms with Gasteiger partial charge in [-0.3, -0.25) is 4.79 Å². The fourth-order valence-electron chi connectivity index (χ4n) is 3.04. The summed E-state index contributed by atoms with van der Waals surface area (Å²) >= 11 is 3.41. The molecule has 0 aliphatic carbocycles. The molecule has 0 radical (unpaired) electrons. The van der Waals surface area contributed by atoms with E-state index in [1.54, 1.807) is 25.3 Å². The van der Waals surface area contributed by atoms with Crippen molar-refractivity contribution in [1.29, 1.82) is 0 Å². The van der Waals surface area contributed by atoms with Gasteiger partial charge < -0.3 is 15.0 Å². The number of hydrogen-bond donors (Lipinski definition) is 1. The van der Waals surface area contributed by atoms with E-state index in [1.807, 2.05) is 0 Å². The minimum atomic E-state index is -0.0281. The van der Waals surface area contributed by atoms with Gasteiger partial charge in [-0.2, -0.15) is 0 Å². The largest absolute Gasteiger partial charge is 0.496 e. The van der Waals surface area contributed by atoms with E-state index < -0.39 is 0 Å². The molecule has 0 saturated carbocycles. The van der Waals surface area contributed by atoms with E-state index in [4.69, 9.17) is 4.74 Å². The molecule has 1 heterocycles. The predicted molar refractivity (Wildman–Crippen MR) is 97.1 cm³/mol. The number of ether oxygens (including phenoxy) is 1. The number of likely N-dealkylation sites (tertiary alicyclic amines) is 1. The summed E-state index contributed by atoms with van der Waals surface area (Å²) in [6.07, 6.45) is 6.17. The molecule has 1 fully saturated rings. The lowest BCUT2D eigenvalue weighted by molar-refractivity contribution is 0.0951. The quantitative estimate of drug-likeness (QED) is 0.728.